The number of aromatic nitrogens is 2. The smallest absolute Gasteiger partial charge is 0.315 e. The fourth-order valence-electron chi connectivity index (χ4n) is 3.44. The number of hydrogen-bond acceptors (Lipinski definition) is 3. The fraction of sp³-hybridized carbons (Fsp3) is 0.300. The zero-order valence-corrected chi connectivity index (χ0v) is 14.6. The molecule has 6 nitrogen and oxygen atoms in total. The Bertz CT molecular complexity index is 843. The van der Waals surface area contributed by atoms with Gasteiger partial charge in [0.25, 0.3) is 0 Å². The summed E-state index contributed by atoms with van der Waals surface area (Å²) < 4.78 is 0. The number of nitrogens with zero attached hydrogens (tertiary/aromatic N) is 2. The molecule has 1 aliphatic heterocycles. The largest absolute Gasteiger partial charge is 0.358 e. The number of carbonyl (C=O) groups excluding carboxylic acids is 1. The van der Waals surface area contributed by atoms with Crippen molar-refractivity contribution in [3.8, 4) is 0 Å². The topological polar surface area (TPSA) is 73.1 Å². The Morgan fingerprint density at radius 2 is 2.12 bits per heavy atom. The number of anilines is 1. The van der Waals surface area contributed by atoms with Crippen molar-refractivity contribution in [3.05, 3.63) is 60.4 Å². The second-order valence-corrected chi connectivity index (χ2v) is 6.65. The number of pyridine rings is 1. The van der Waals surface area contributed by atoms with Crippen molar-refractivity contribution in [1.29, 1.82) is 0 Å². The number of amides is 2. The van der Waals surface area contributed by atoms with Crippen LogP contribution in [0.1, 0.15) is 12.1 Å². The number of fused-ring (bicyclic) bond motifs is 1. The number of benzene rings is 1. The molecule has 3 heterocycles. The zero-order chi connectivity index (χ0) is 17.8. The molecule has 3 N–H and O–H groups in total. The number of carbonyl (C=O) groups is 1. The lowest BCUT2D eigenvalue weighted by atomic mass is 10.2. The van der Waals surface area contributed by atoms with Crippen LogP contribution in [0.2, 0.25) is 0 Å². The van der Waals surface area contributed by atoms with Gasteiger partial charge < -0.3 is 20.5 Å². The Morgan fingerprint density at radius 3 is 2.96 bits per heavy atom. The molecule has 1 aromatic carbocycles. The summed E-state index contributed by atoms with van der Waals surface area (Å²) in [5.41, 5.74) is 2.27. The quantitative estimate of drug-likeness (QED) is 0.663. The SMILES string of the molecule is O=C(NCCc1cc2ccccc2[nH]1)N[C@@H]1CCN(c2ccccn2)C1. The molecular formula is C20H23N5O. The van der Waals surface area contributed by atoms with E-state index in [2.05, 4.69) is 43.7 Å². The van der Waals surface area contributed by atoms with E-state index in [-0.39, 0.29) is 12.1 Å². The Balaban J connectivity index is 1.22. The number of H-pyrrole nitrogens is 1. The van der Waals surface area contributed by atoms with Crippen LogP contribution in [0.3, 0.4) is 0 Å². The minimum absolute atomic E-state index is 0.103. The van der Waals surface area contributed by atoms with E-state index in [1.54, 1.807) is 6.20 Å². The minimum Gasteiger partial charge on any atom is -0.358 e. The van der Waals surface area contributed by atoms with Crippen LogP contribution in [0.25, 0.3) is 10.9 Å². The first-order valence-electron chi connectivity index (χ1n) is 9.05. The summed E-state index contributed by atoms with van der Waals surface area (Å²) in [4.78, 5) is 22.1. The Morgan fingerprint density at radius 1 is 1.23 bits per heavy atom. The third-order valence-electron chi connectivity index (χ3n) is 4.76. The molecule has 0 spiro atoms. The van der Waals surface area contributed by atoms with Gasteiger partial charge in [0.15, 0.2) is 0 Å². The molecule has 2 aromatic heterocycles. The molecule has 1 aliphatic rings. The maximum absolute atomic E-state index is 12.1. The predicted molar refractivity (Wildman–Crippen MR) is 103 cm³/mol. The summed E-state index contributed by atoms with van der Waals surface area (Å²) >= 11 is 0. The molecule has 0 unspecified atom stereocenters. The van der Waals surface area contributed by atoms with E-state index in [0.29, 0.717) is 6.54 Å². The van der Waals surface area contributed by atoms with Crippen molar-refractivity contribution >= 4 is 22.8 Å². The first kappa shape index (κ1) is 16.4. The number of rotatable bonds is 5. The summed E-state index contributed by atoms with van der Waals surface area (Å²) in [6.07, 6.45) is 3.52. The van der Waals surface area contributed by atoms with Crippen molar-refractivity contribution in [2.24, 2.45) is 0 Å². The van der Waals surface area contributed by atoms with Crippen LogP contribution in [-0.2, 0) is 6.42 Å². The summed E-state index contributed by atoms with van der Waals surface area (Å²) in [5.74, 6) is 0.969. The normalized spacial score (nSPS) is 16.8. The Kier molecular flexibility index (Phi) is 4.73. The average molecular weight is 349 g/mol. The van der Waals surface area contributed by atoms with Gasteiger partial charge >= 0.3 is 6.03 Å². The monoisotopic (exact) mass is 349 g/mol. The standard InChI is InChI=1S/C20H23N5O/c26-20(22-11-8-16-13-15-5-1-2-6-18(15)23-16)24-17-9-12-25(14-17)19-7-3-4-10-21-19/h1-7,10,13,17,23H,8-9,11-12,14H2,(H2,22,24,26)/t17-/m1/s1. The lowest BCUT2D eigenvalue weighted by Gasteiger charge is -2.17. The van der Waals surface area contributed by atoms with Crippen LogP contribution in [0.5, 0.6) is 0 Å². The maximum atomic E-state index is 12.1. The van der Waals surface area contributed by atoms with Crippen molar-refractivity contribution in [3.63, 3.8) is 0 Å². The lowest BCUT2D eigenvalue weighted by molar-refractivity contribution is 0.238. The highest BCUT2D eigenvalue weighted by atomic mass is 16.2. The van der Waals surface area contributed by atoms with Gasteiger partial charge in [-0.3, -0.25) is 0 Å². The molecule has 3 aromatic rings. The first-order chi connectivity index (χ1) is 12.8. The van der Waals surface area contributed by atoms with Gasteiger partial charge in [0.1, 0.15) is 5.82 Å². The summed E-state index contributed by atoms with van der Waals surface area (Å²) in [7, 11) is 0. The average Bonchev–Trinajstić information content (AvgIpc) is 3.29. The van der Waals surface area contributed by atoms with E-state index in [1.807, 2.05) is 30.3 Å². The molecule has 2 amide bonds. The molecule has 134 valence electrons. The number of hydrogen-bond donors (Lipinski definition) is 3. The van der Waals surface area contributed by atoms with E-state index in [4.69, 9.17) is 0 Å². The summed E-state index contributed by atoms with van der Waals surface area (Å²) in [6, 6.07) is 16.3. The highest BCUT2D eigenvalue weighted by molar-refractivity contribution is 5.80. The molecule has 0 saturated carbocycles. The number of urea groups is 1. The highest BCUT2D eigenvalue weighted by Gasteiger charge is 2.24. The number of para-hydroxylation sites is 1. The second-order valence-electron chi connectivity index (χ2n) is 6.65. The summed E-state index contributed by atoms with van der Waals surface area (Å²) in [5, 5.41) is 7.22. The lowest BCUT2D eigenvalue weighted by Crippen LogP contribution is -2.44. The molecular weight excluding hydrogens is 326 g/mol. The van der Waals surface area contributed by atoms with Crippen LogP contribution < -0.4 is 15.5 Å². The predicted octanol–water partition coefficient (Wildman–Crippen LogP) is 2.68. The van der Waals surface area contributed by atoms with Crippen LogP contribution in [-0.4, -0.2) is 41.7 Å². The highest BCUT2D eigenvalue weighted by Crippen LogP contribution is 2.17. The van der Waals surface area contributed by atoms with Crippen LogP contribution in [0, 0.1) is 0 Å². The van der Waals surface area contributed by atoms with Gasteiger partial charge in [0, 0.05) is 49.5 Å². The molecule has 4 rings (SSSR count). The Labute approximate surface area is 152 Å². The van der Waals surface area contributed by atoms with E-state index >= 15 is 0 Å². The van der Waals surface area contributed by atoms with Crippen molar-refractivity contribution < 1.29 is 4.79 Å². The molecule has 1 saturated heterocycles. The van der Waals surface area contributed by atoms with Crippen molar-refractivity contribution in [1.82, 2.24) is 20.6 Å². The van der Waals surface area contributed by atoms with E-state index in [9.17, 15) is 4.79 Å². The van der Waals surface area contributed by atoms with E-state index < -0.39 is 0 Å². The third kappa shape index (κ3) is 3.79. The molecule has 26 heavy (non-hydrogen) atoms. The molecule has 0 aliphatic carbocycles. The minimum atomic E-state index is -0.103. The maximum Gasteiger partial charge on any atom is 0.315 e. The van der Waals surface area contributed by atoms with Gasteiger partial charge in [-0.15, -0.1) is 0 Å². The van der Waals surface area contributed by atoms with E-state index in [1.165, 1.54) is 5.39 Å². The van der Waals surface area contributed by atoms with Crippen molar-refractivity contribution in [2.75, 3.05) is 24.5 Å². The molecule has 0 radical (unpaired) electrons. The molecule has 1 fully saturated rings. The van der Waals surface area contributed by atoms with Gasteiger partial charge in [-0.2, -0.15) is 0 Å². The fourth-order valence-corrected chi connectivity index (χ4v) is 3.44. The molecule has 0 bridgehead atoms. The van der Waals surface area contributed by atoms with Crippen LogP contribution >= 0.6 is 0 Å². The van der Waals surface area contributed by atoms with Gasteiger partial charge in [-0.25, -0.2) is 9.78 Å². The summed E-state index contributed by atoms with van der Waals surface area (Å²) in [6.45, 7) is 2.32. The van der Waals surface area contributed by atoms with Gasteiger partial charge in [-0.1, -0.05) is 24.3 Å². The van der Waals surface area contributed by atoms with Crippen LogP contribution in [0.15, 0.2) is 54.7 Å². The van der Waals surface area contributed by atoms with Crippen LogP contribution in [0.4, 0.5) is 10.6 Å². The van der Waals surface area contributed by atoms with Crippen molar-refractivity contribution in [2.45, 2.75) is 18.9 Å². The van der Waals surface area contributed by atoms with Gasteiger partial charge in [0.2, 0.25) is 0 Å². The third-order valence-corrected chi connectivity index (χ3v) is 4.76. The number of aromatic amines is 1. The van der Waals surface area contributed by atoms with E-state index in [0.717, 1.165) is 43.0 Å². The zero-order valence-electron chi connectivity index (χ0n) is 14.6. The first-order valence-corrected chi connectivity index (χ1v) is 9.05. The number of nitrogens with one attached hydrogen (secondary N) is 3. The van der Waals surface area contributed by atoms with Gasteiger partial charge in [0.05, 0.1) is 0 Å². The molecule has 6 heteroatoms. The molecule has 1 atom stereocenters. The Hall–Kier alpha value is -3.02. The van der Waals surface area contributed by atoms with Gasteiger partial charge in [-0.05, 0) is 36.1 Å². The second kappa shape index (κ2) is 7.47.